The molecule has 0 fully saturated rings. The SMILES string of the molecule is CCCCCCCCCCCCCCCCC(SCC)(SCC)C(=O)O. The van der Waals surface area contributed by atoms with Crippen molar-refractivity contribution < 1.29 is 9.90 Å². The van der Waals surface area contributed by atoms with Crippen molar-refractivity contribution in [1.82, 2.24) is 0 Å². The summed E-state index contributed by atoms with van der Waals surface area (Å²) in [6.45, 7) is 6.39. The number of rotatable bonds is 20. The molecule has 0 aromatic carbocycles. The fourth-order valence-corrected chi connectivity index (χ4v) is 6.23. The highest BCUT2D eigenvalue weighted by atomic mass is 32.2. The van der Waals surface area contributed by atoms with Crippen molar-refractivity contribution in [2.45, 2.75) is 121 Å². The van der Waals surface area contributed by atoms with Crippen LogP contribution in [-0.4, -0.2) is 26.7 Å². The van der Waals surface area contributed by atoms with Gasteiger partial charge >= 0.3 is 5.97 Å². The monoisotopic (exact) mass is 404 g/mol. The molecule has 0 aromatic rings. The van der Waals surface area contributed by atoms with Crippen LogP contribution in [0.3, 0.4) is 0 Å². The highest BCUT2D eigenvalue weighted by Crippen LogP contribution is 2.42. The Kier molecular flexibility index (Phi) is 18.7. The standard InChI is InChI=1S/C22H44O2S2/c1-4-7-8-9-10-11-12-13-14-15-16-17-18-19-20-22(21(23)24,25-5-2)26-6-3/h4-20H2,1-3H3,(H,23,24). The first-order valence-corrected chi connectivity index (χ1v) is 13.1. The lowest BCUT2D eigenvalue weighted by molar-refractivity contribution is -0.137. The van der Waals surface area contributed by atoms with Gasteiger partial charge in [-0.2, -0.15) is 0 Å². The van der Waals surface area contributed by atoms with Crippen LogP contribution in [0.5, 0.6) is 0 Å². The van der Waals surface area contributed by atoms with Crippen molar-refractivity contribution in [3.05, 3.63) is 0 Å². The number of carbonyl (C=O) groups is 1. The minimum atomic E-state index is -0.633. The van der Waals surface area contributed by atoms with Crippen molar-refractivity contribution in [2.75, 3.05) is 11.5 Å². The molecule has 0 aliphatic heterocycles. The van der Waals surface area contributed by atoms with Crippen LogP contribution in [-0.2, 0) is 4.79 Å². The fraction of sp³-hybridized carbons (Fsp3) is 0.955. The van der Waals surface area contributed by atoms with E-state index in [-0.39, 0.29) is 0 Å². The first kappa shape index (κ1) is 26.2. The van der Waals surface area contributed by atoms with Gasteiger partial charge < -0.3 is 5.11 Å². The molecule has 0 aliphatic carbocycles. The second-order valence-corrected chi connectivity index (χ2v) is 10.7. The lowest BCUT2D eigenvalue weighted by Crippen LogP contribution is -2.32. The number of unbranched alkanes of at least 4 members (excludes halogenated alkanes) is 13. The van der Waals surface area contributed by atoms with E-state index in [1.165, 1.54) is 83.5 Å². The minimum absolute atomic E-state index is 0.610. The van der Waals surface area contributed by atoms with E-state index in [4.69, 9.17) is 0 Å². The Hall–Kier alpha value is 0.170. The topological polar surface area (TPSA) is 37.3 Å². The van der Waals surface area contributed by atoms with E-state index in [1.807, 2.05) is 0 Å². The van der Waals surface area contributed by atoms with Crippen LogP contribution in [0.4, 0.5) is 0 Å². The quantitative estimate of drug-likeness (QED) is 0.164. The van der Waals surface area contributed by atoms with E-state index in [0.29, 0.717) is 0 Å². The van der Waals surface area contributed by atoms with Gasteiger partial charge in [0.05, 0.1) is 0 Å². The lowest BCUT2D eigenvalue weighted by Gasteiger charge is -2.27. The van der Waals surface area contributed by atoms with Gasteiger partial charge in [-0.25, -0.2) is 4.79 Å². The smallest absolute Gasteiger partial charge is 0.330 e. The largest absolute Gasteiger partial charge is 0.480 e. The number of thioether (sulfide) groups is 2. The van der Waals surface area contributed by atoms with Gasteiger partial charge in [-0.3, -0.25) is 0 Å². The van der Waals surface area contributed by atoms with Crippen molar-refractivity contribution in [3.8, 4) is 0 Å². The zero-order valence-corrected chi connectivity index (χ0v) is 19.3. The second kappa shape index (κ2) is 18.5. The molecule has 0 saturated carbocycles. The minimum Gasteiger partial charge on any atom is -0.480 e. The maximum absolute atomic E-state index is 11.7. The molecule has 26 heavy (non-hydrogen) atoms. The van der Waals surface area contributed by atoms with Gasteiger partial charge in [0.2, 0.25) is 0 Å². The summed E-state index contributed by atoms with van der Waals surface area (Å²) < 4.78 is -0.610. The van der Waals surface area contributed by atoms with E-state index in [2.05, 4.69) is 20.8 Å². The van der Waals surface area contributed by atoms with Crippen LogP contribution in [0, 0.1) is 0 Å². The van der Waals surface area contributed by atoms with E-state index in [0.717, 1.165) is 24.3 Å². The third kappa shape index (κ3) is 13.4. The zero-order valence-electron chi connectivity index (χ0n) is 17.7. The van der Waals surface area contributed by atoms with Crippen LogP contribution in [0.1, 0.15) is 117 Å². The molecule has 0 bridgehead atoms. The second-order valence-electron chi connectivity index (χ2n) is 7.27. The molecule has 0 saturated heterocycles. The average Bonchev–Trinajstić information content (AvgIpc) is 2.62. The predicted octanol–water partition coefficient (Wildman–Crippen LogP) is 8.14. The zero-order chi connectivity index (χ0) is 19.5. The molecular formula is C22H44O2S2. The summed E-state index contributed by atoms with van der Waals surface area (Å²) in [6.07, 6.45) is 19.6. The highest BCUT2D eigenvalue weighted by Gasteiger charge is 2.37. The molecule has 0 radical (unpaired) electrons. The molecule has 4 heteroatoms. The average molecular weight is 405 g/mol. The van der Waals surface area contributed by atoms with Gasteiger partial charge in [0.25, 0.3) is 0 Å². The summed E-state index contributed by atoms with van der Waals surface area (Å²) in [7, 11) is 0. The van der Waals surface area contributed by atoms with E-state index < -0.39 is 10.0 Å². The van der Waals surface area contributed by atoms with Gasteiger partial charge in [-0.15, -0.1) is 23.5 Å². The summed E-state index contributed by atoms with van der Waals surface area (Å²) in [5, 5.41) is 9.65. The number of carboxylic acids is 1. The third-order valence-corrected chi connectivity index (χ3v) is 7.91. The van der Waals surface area contributed by atoms with Crippen LogP contribution < -0.4 is 0 Å². The predicted molar refractivity (Wildman–Crippen MR) is 122 cm³/mol. The Morgan fingerprint density at radius 3 is 1.31 bits per heavy atom. The van der Waals surface area contributed by atoms with Crippen LogP contribution in [0.2, 0.25) is 0 Å². The molecule has 0 heterocycles. The third-order valence-electron chi connectivity index (χ3n) is 4.94. The number of carboxylic acid groups (broad SMARTS) is 1. The van der Waals surface area contributed by atoms with Crippen LogP contribution >= 0.6 is 23.5 Å². The Morgan fingerprint density at radius 2 is 1.00 bits per heavy atom. The molecule has 1 N–H and O–H groups in total. The first-order valence-electron chi connectivity index (χ1n) is 11.1. The molecule has 0 amide bonds. The molecule has 0 rings (SSSR count). The summed E-state index contributed by atoms with van der Waals surface area (Å²) in [4.78, 5) is 11.7. The van der Waals surface area contributed by atoms with Crippen molar-refractivity contribution in [2.24, 2.45) is 0 Å². The normalized spacial score (nSPS) is 11.8. The van der Waals surface area contributed by atoms with Crippen molar-refractivity contribution >= 4 is 29.5 Å². The van der Waals surface area contributed by atoms with Gasteiger partial charge in [-0.1, -0.05) is 111 Å². The van der Waals surface area contributed by atoms with Crippen molar-refractivity contribution in [1.29, 1.82) is 0 Å². The van der Waals surface area contributed by atoms with Gasteiger partial charge in [0.1, 0.15) is 0 Å². The summed E-state index contributed by atoms with van der Waals surface area (Å²) in [5.41, 5.74) is 0. The summed E-state index contributed by atoms with van der Waals surface area (Å²) in [5.74, 6) is 1.11. The summed E-state index contributed by atoms with van der Waals surface area (Å²) in [6, 6.07) is 0. The van der Waals surface area contributed by atoms with E-state index >= 15 is 0 Å². The summed E-state index contributed by atoms with van der Waals surface area (Å²) >= 11 is 3.21. The first-order chi connectivity index (χ1) is 12.6. The molecule has 0 unspecified atom stereocenters. The maximum atomic E-state index is 11.7. The molecule has 0 spiro atoms. The highest BCUT2D eigenvalue weighted by molar-refractivity contribution is 8.19. The molecule has 156 valence electrons. The Labute approximate surface area is 172 Å². The number of aliphatic carboxylic acids is 1. The van der Waals surface area contributed by atoms with E-state index in [1.54, 1.807) is 23.5 Å². The number of hydrogen-bond donors (Lipinski definition) is 1. The molecule has 2 nitrogen and oxygen atoms in total. The van der Waals surface area contributed by atoms with Gasteiger partial charge in [0.15, 0.2) is 4.08 Å². The Balaban J connectivity index is 3.57. The number of hydrogen-bond acceptors (Lipinski definition) is 3. The molecule has 0 atom stereocenters. The molecule has 0 aromatic heterocycles. The Morgan fingerprint density at radius 1 is 0.654 bits per heavy atom. The van der Waals surface area contributed by atoms with Gasteiger partial charge in [0, 0.05) is 0 Å². The lowest BCUT2D eigenvalue weighted by atomic mass is 10.0. The molecule has 0 aliphatic rings. The van der Waals surface area contributed by atoms with Gasteiger partial charge in [-0.05, 0) is 17.9 Å². The Bertz CT molecular complexity index is 315. The molecular weight excluding hydrogens is 360 g/mol. The van der Waals surface area contributed by atoms with Crippen molar-refractivity contribution in [3.63, 3.8) is 0 Å². The maximum Gasteiger partial charge on any atom is 0.330 e. The van der Waals surface area contributed by atoms with Crippen LogP contribution in [0.15, 0.2) is 0 Å². The van der Waals surface area contributed by atoms with E-state index in [9.17, 15) is 9.90 Å². The fourth-order valence-electron chi connectivity index (χ4n) is 3.43. The van der Waals surface area contributed by atoms with Crippen LogP contribution in [0.25, 0.3) is 0 Å².